The highest BCUT2D eigenvalue weighted by Crippen LogP contribution is 2.24. The molecule has 166 valence electrons. The van der Waals surface area contributed by atoms with Crippen molar-refractivity contribution >= 4 is 34.9 Å². The monoisotopic (exact) mass is 453 g/mol. The molecule has 1 fully saturated rings. The van der Waals surface area contributed by atoms with E-state index in [2.05, 4.69) is 37.2 Å². The first kappa shape index (κ1) is 21.9. The average molecular weight is 454 g/mol. The summed E-state index contributed by atoms with van der Waals surface area (Å²) < 4.78 is 18.2. The predicted molar refractivity (Wildman–Crippen MR) is 125 cm³/mol. The molecule has 1 N–H and O–H groups in total. The molecule has 3 aromatic rings. The van der Waals surface area contributed by atoms with Crippen LogP contribution in [0.2, 0.25) is 0 Å². The molecule has 0 saturated carbocycles. The van der Waals surface area contributed by atoms with Crippen LogP contribution in [0.5, 0.6) is 5.75 Å². The van der Waals surface area contributed by atoms with Gasteiger partial charge in [-0.1, -0.05) is 11.8 Å². The lowest BCUT2D eigenvalue weighted by Gasteiger charge is -2.36. The van der Waals surface area contributed by atoms with Crippen LogP contribution in [0.1, 0.15) is 0 Å². The number of carbonyl (C=O) groups excluding carboxylic acids is 1. The van der Waals surface area contributed by atoms with Crippen molar-refractivity contribution < 1.29 is 13.9 Å². The first-order chi connectivity index (χ1) is 15.6. The van der Waals surface area contributed by atoms with Gasteiger partial charge in [0.2, 0.25) is 5.91 Å². The molecular formula is C23H24FN5O2S. The molecule has 32 heavy (non-hydrogen) atoms. The Kier molecular flexibility index (Phi) is 7.06. The number of anilines is 3. The van der Waals surface area contributed by atoms with Crippen LogP contribution >= 0.6 is 11.8 Å². The van der Waals surface area contributed by atoms with Crippen LogP contribution in [0.4, 0.5) is 21.6 Å². The van der Waals surface area contributed by atoms with E-state index in [4.69, 9.17) is 4.74 Å². The molecule has 7 nitrogen and oxygen atoms in total. The van der Waals surface area contributed by atoms with Crippen LogP contribution in [0.15, 0.2) is 66.0 Å². The number of ether oxygens (including phenoxy) is 1. The Labute approximate surface area is 190 Å². The highest BCUT2D eigenvalue weighted by atomic mass is 32.2. The number of hydrogen-bond donors (Lipinski definition) is 1. The molecule has 1 aliphatic rings. The van der Waals surface area contributed by atoms with Gasteiger partial charge in [0, 0.05) is 43.6 Å². The number of carbonyl (C=O) groups is 1. The second-order valence-electron chi connectivity index (χ2n) is 7.23. The van der Waals surface area contributed by atoms with Crippen molar-refractivity contribution in [1.82, 2.24) is 9.97 Å². The van der Waals surface area contributed by atoms with Crippen LogP contribution in [-0.2, 0) is 4.79 Å². The van der Waals surface area contributed by atoms with Crippen LogP contribution in [0.25, 0.3) is 0 Å². The second-order valence-corrected chi connectivity index (χ2v) is 8.23. The van der Waals surface area contributed by atoms with Crippen LogP contribution in [0, 0.1) is 5.82 Å². The molecule has 0 aliphatic carbocycles. The van der Waals surface area contributed by atoms with Crippen molar-refractivity contribution in [3.63, 3.8) is 0 Å². The molecule has 0 spiro atoms. The van der Waals surface area contributed by atoms with Gasteiger partial charge < -0.3 is 19.9 Å². The number of nitrogens with one attached hydrogen (secondary N) is 1. The fraction of sp³-hybridized carbons (Fsp3) is 0.261. The Bertz CT molecular complexity index is 1040. The van der Waals surface area contributed by atoms with E-state index >= 15 is 0 Å². The van der Waals surface area contributed by atoms with Crippen LogP contribution in [-0.4, -0.2) is 54.9 Å². The van der Waals surface area contributed by atoms with Gasteiger partial charge in [0.05, 0.1) is 12.9 Å². The van der Waals surface area contributed by atoms with E-state index in [0.717, 1.165) is 42.8 Å². The molecule has 1 amide bonds. The largest absolute Gasteiger partial charge is 0.497 e. The van der Waals surface area contributed by atoms with Gasteiger partial charge in [-0.25, -0.2) is 14.4 Å². The van der Waals surface area contributed by atoms with Crippen LogP contribution in [0.3, 0.4) is 0 Å². The summed E-state index contributed by atoms with van der Waals surface area (Å²) in [6.07, 6.45) is 1.53. The normalized spacial score (nSPS) is 13.7. The minimum atomic E-state index is -0.337. The molecule has 4 rings (SSSR count). The summed E-state index contributed by atoms with van der Waals surface area (Å²) in [5.41, 5.74) is 1.74. The van der Waals surface area contributed by atoms with Crippen molar-refractivity contribution in [2.45, 2.75) is 5.03 Å². The summed E-state index contributed by atoms with van der Waals surface area (Å²) in [5.74, 6) is 1.41. The zero-order valence-corrected chi connectivity index (χ0v) is 18.5. The molecule has 0 bridgehead atoms. The van der Waals surface area contributed by atoms with E-state index in [-0.39, 0.29) is 17.5 Å². The van der Waals surface area contributed by atoms with Gasteiger partial charge in [0.1, 0.15) is 28.7 Å². The van der Waals surface area contributed by atoms with Crippen molar-refractivity contribution in [2.75, 3.05) is 54.2 Å². The zero-order valence-electron chi connectivity index (χ0n) is 17.7. The van der Waals surface area contributed by atoms with Crippen molar-refractivity contribution in [2.24, 2.45) is 0 Å². The van der Waals surface area contributed by atoms with E-state index in [1.54, 1.807) is 7.11 Å². The van der Waals surface area contributed by atoms with Gasteiger partial charge in [-0.15, -0.1) is 0 Å². The number of rotatable bonds is 7. The Morgan fingerprint density at radius 2 is 1.72 bits per heavy atom. The fourth-order valence-corrected chi connectivity index (χ4v) is 4.10. The second kappa shape index (κ2) is 10.3. The Morgan fingerprint density at radius 1 is 1.03 bits per heavy atom. The molecule has 2 aromatic carbocycles. The van der Waals surface area contributed by atoms with Crippen LogP contribution < -0.4 is 19.9 Å². The number of hydrogen-bond acceptors (Lipinski definition) is 7. The molecule has 1 aromatic heterocycles. The summed E-state index contributed by atoms with van der Waals surface area (Å²) >= 11 is 1.34. The minimum absolute atomic E-state index is 0.171. The summed E-state index contributed by atoms with van der Waals surface area (Å²) in [6.45, 7) is 3.47. The first-order valence-corrected chi connectivity index (χ1v) is 11.2. The summed E-state index contributed by atoms with van der Waals surface area (Å²) in [5, 5.41) is 3.49. The quantitative estimate of drug-likeness (QED) is 0.432. The molecular weight excluding hydrogens is 429 g/mol. The van der Waals surface area contributed by atoms with E-state index in [0.29, 0.717) is 5.69 Å². The lowest BCUT2D eigenvalue weighted by Crippen LogP contribution is -2.46. The zero-order chi connectivity index (χ0) is 22.3. The highest BCUT2D eigenvalue weighted by Gasteiger charge is 2.19. The van der Waals surface area contributed by atoms with E-state index in [9.17, 15) is 9.18 Å². The van der Waals surface area contributed by atoms with E-state index in [1.165, 1.54) is 48.0 Å². The summed E-state index contributed by atoms with van der Waals surface area (Å²) in [4.78, 5) is 25.4. The average Bonchev–Trinajstić information content (AvgIpc) is 2.84. The minimum Gasteiger partial charge on any atom is -0.497 e. The molecule has 1 aliphatic heterocycles. The standard InChI is InChI=1S/C23H24FN5O2S/c1-31-20-8-6-19(7-9-20)28-10-12-29(13-11-28)21-14-23(26-16-25-21)32-15-22(30)27-18-4-2-17(24)3-5-18/h2-9,14,16H,10-13,15H2,1H3,(H,27,30). The van der Waals surface area contributed by atoms with Crippen molar-refractivity contribution in [1.29, 1.82) is 0 Å². The molecule has 2 heterocycles. The maximum absolute atomic E-state index is 13.0. The fourth-order valence-electron chi connectivity index (χ4n) is 3.44. The first-order valence-electron chi connectivity index (χ1n) is 10.2. The SMILES string of the molecule is COc1ccc(N2CCN(c3cc(SCC(=O)Nc4ccc(F)cc4)ncn3)CC2)cc1. The van der Waals surface area contributed by atoms with Gasteiger partial charge in [-0.3, -0.25) is 4.79 Å². The number of methoxy groups -OCH3 is 1. The van der Waals surface area contributed by atoms with Gasteiger partial charge in [0.15, 0.2) is 0 Å². The number of aromatic nitrogens is 2. The Morgan fingerprint density at radius 3 is 2.41 bits per heavy atom. The number of piperazine rings is 1. The molecule has 1 saturated heterocycles. The Balaban J connectivity index is 1.29. The van der Waals surface area contributed by atoms with Crippen molar-refractivity contribution in [3.05, 3.63) is 66.7 Å². The maximum atomic E-state index is 13.0. The predicted octanol–water partition coefficient (Wildman–Crippen LogP) is 3.68. The van der Waals surface area contributed by atoms with Gasteiger partial charge in [0.25, 0.3) is 0 Å². The maximum Gasteiger partial charge on any atom is 0.234 e. The summed E-state index contributed by atoms with van der Waals surface area (Å²) in [7, 11) is 1.67. The third-order valence-electron chi connectivity index (χ3n) is 5.15. The summed E-state index contributed by atoms with van der Waals surface area (Å²) in [6, 6.07) is 15.7. The molecule has 0 atom stereocenters. The number of benzene rings is 2. The number of thioether (sulfide) groups is 1. The molecule has 0 unspecified atom stereocenters. The number of halogens is 1. The third-order valence-corrected chi connectivity index (χ3v) is 6.07. The molecule has 9 heteroatoms. The van der Waals surface area contributed by atoms with E-state index in [1.807, 2.05) is 18.2 Å². The molecule has 0 radical (unpaired) electrons. The van der Waals surface area contributed by atoms with Gasteiger partial charge in [-0.2, -0.15) is 0 Å². The smallest absolute Gasteiger partial charge is 0.234 e. The Hall–Kier alpha value is -3.33. The highest BCUT2D eigenvalue weighted by molar-refractivity contribution is 7.99. The van der Waals surface area contributed by atoms with Gasteiger partial charge >= 0.3 is 0 Å². The van der Waals surface area contributed by atoms with Gasteiger partial charge in [-0.05, 0) is 48.5 Å². The van der Waals surface area contributed by atoms with E-state index < -0.39 is 0 Å². The lowest BCUT2D eigenvalue weighted by molar-refractivity contribution is -0.113. The third kappa shape index (κ3) is 5.67. The number of nitrogens with zero attached hydrogens (tertiary/aromatic N) is 4. The van der Waals surface area contributed by atoms with Crippen molar-refractivity contribution in [3.8, 4) is 5.75 Å². The topological polar surface area (TPSA) is 70.6 Å². The lowest BCUT2D eigenvalue weighted by atomic mass is 10.2. The number of amides is 1.